The molecule has 0 unspecified atom stereocenters. The van der Waals surface area contributed by atoms with Gasteiger partial charge in [0.05, 0.1) is 0 Å². The molecule has 0 heterocycles. The second-order valence-electron chi connectivity index (χ2n) is 0.949. The summed E-state index contributed by atoms with van der Waals surface area (Å²) in [7, 11) is 0. The van der Waals surface area contributed by atoms with Gasteiger partial charge in [-0.15, -0.1) is 12.4 Å². The quantitative estimate of drug-likeness (QED) is 0.521. The number of aliphatic hydroxyl groups is 3. The van der Waals surface area contributed by atoms with Crippen LogP contribution in [0.4, 0.5) is 0 Å². The van der Waals surface area contributed by atoms with Gasteiger partial charge in [0, 0.05) is 41.5 Å². The van der Waals surface area contributed by atoms with Crippen LogP contribution in [0.5, 0.6) is 0 Å². The Morgan fingerprint density at radius 3 is 0.727 bits per heavy atom. The van der Waals surface area contributed by atoms with Gasteiger partial charge in [-0.2, -0.15) is 0 Å². The molecule has 0 spiro atoms. The summed E-state index contributed by atoms with van der Waals surface area (Å²) in [4.78, 5) is 0. The first-order valence-corrected chi connectivity index (χ1v) is 3.07. The van der Waals surface area contributed by atoms with Gasteiger partial charge >= 0.3 is 0 Å². The van der Waals surface area contributed by atoms with Crippen LogP contribution in [0.25, 0.3) is 0 Å². The van der Waals surface area contributed by atoms with E-state index in [0.717, 1.165) is 0 Å². The summed E-state index contributed by atoms with van der Waals surface area (Å²) in [5.41, 5.74) is 0. The van der Waals surface area contributed by atoms with Gasteiger partial charge in [-0.25, -0.2) is 0 Å². The second kappa shape index (κ2) is 70.5. The van der Waals surface area contributed by atoms with E-state index in [4.69, 9.17) is 15.3 Å². The van der Waals surface area contributed by atoms with Crippen molar-refractivity contribution in [2.45, 2.75) is 20.8 Å². The SMILES string of the molecule is CCO.CCO.CCO.Cl.[Ti]. The molecule has 11 heavy (non-hydrogen) atoms. The van der Waals surface area contributed by atoms with Crippen molar-refractivity contribution in [3.05, 3.63) is 0 Å². The van der Waals surface area contributed by atoms with Gasteiger partial charge in [0.25, 0.3) is 0 Å². The minimum absolute atomic E-state index is 0. The van der Waals surface area contributed by atoms with E-state index in [1.165, 1.54) is 0 Å². The Morgan fingerprint density at radius 2 is 0.727 bits per heavy atom. The molecular weight excluding hydrogens is 203 g/mol. The summed E-state index contributed by atoms with van der Waals surface area (Å²) in [6.45, 7) is 5.79. The van der Waals surface area contributed by atoms with Crippen LogP contribution in [0.1, 0.15) is 20.8 Å². The molecule has 0 bridgehead atoms. The maximum absolute atomic E-state index is 7.57. The van der Waals surface area contributed by atoms with Gasteiger partial charge in [0.15, 0.2) is 0 Å². The first-order chi connectivity index (χ1) is 4.24. The molecule has 0 atom stereocenters. The predicted molar refractivity (Wildman–Crippen MR) is 45.5 cm³/mol. The first kappa shape index (κ1) is 29.7. The van der Waals surface area contributed by atoms with Crippen LogP contribution >= 0.6 is 12.4 Å². The van der Waals surface area contributed by atoms with E-state index in [2.05, 4.69) is 0 Å². The Kier molecular flexibility index (Phi) is 190. The van der Waals surface area contributed by atoms with E-state index in [1.807, 2.05) is 0 Å². The molecule has 0 aliphatic heterocycles. The van der Waals surface area contributed by atoms with E-state index in [-0.39, 0.29) is 53.9 Å². The molecule has 3 N–H and O–H groups in total. The summed E-state index contributed by atoms with van der Waals surface area (Å²) in [6, 6.07) is 0. The molecule has 0 radical (unpaired) electrons. The fraction of sp³-hybridized carbons (Fsp3) is 1.00. The maximum atomic E-state index is 7.57. The van der Waals surface area contributed by atoms with E-state index in [0.29, 0.717) is 0 Å². The fourth-order valence-corrected chi connectivity index (χ4v) is 0. The van der Waals surface area contributed by atoms with Gasteiger partial charge < -0.3 is 15.3 Å². The Bertz CT molecular complexity index is 22.5. The zero-order chi connectivity index (χ0) is 8.12. The number of rotatable bonds is 0. The summed E-state index contributed by atoms with van der Waals surface area (Å²) in [5.74, 6) is 0. The van der Waals surface area contributed by atoms with E-state index in [9.17, 15) is 0 Å². The summed E-state index contributed by atoms with van der Waals surface area (Å²) in [5, 5.41) is 22.7. The van der Waals surface area contributed by atoms with Gasteiger partial charge in [0.2, 0.25) is 0 Å². The second-order valence-corrected chi connectivity index (χ2v) is 0.949. The standard InChI is InChI=1S/3C2H6O.ClH.Ti/c3*1-2-3;;/h3*3H,2H2,1H3;1H;. The molecule has 0 saturated heterocycles. The average molecular weight is 223 g/mol. The van der Waals surface area contributed by atoms with Crippen LogP contribution in [-0.4, -0.2) is 35.1 Å². The molecule has 0 aliphatic rings. The predicted octanol–water partition coefficient (Wildman–Crippen LogP) is 0.415. The summed E-state index contributed by atoms with van der Waals surface area (Å²) >= 11 is 0. The van der Waals surface area contributed by atoms with Crippen LogP contribution in [0, 0.1) is 0 Å². The number of aliphatic hydroxyl groups excluding tert-OH is 3. The molecular formula is C6H19ClO3Ti. The molecule has 0 rings (SSSR count). The van der Waals surface area contributed by atoms with Crippen molar-refractivity contribution < 1.29 is 37.0 Å². The van der Waals surface area contributed by atoms with Crippen LogP contribution in [0.2, 0.25) is 0 Å². The molecule has 0 aromatic rings. The Hall–Kier alpha value is 0.884. The Balaban J connectivity index is -0.0000000150. The van der Waals surface area contributed by atoms with Gasteiger partial charge in [0.1, 0.15) is 0 Å². The van der Waals surface area contributed by atoms with Crippen molar-refractivity contribution in [1.82, 2.24) is 0 Å². The van der Waals surface area contributed by atoms with E-state index < -0.39 is 0 Å². The smallest absolute Gasteiger partial charge is 0.0402 e. The molecule has 0 fully saturated rings. The zero-order valence-electron chi connectivity index (χ0n) is 7.37. The van der Waals surface area contributed by atoms with Crippen molar-refractivity contribution in [2.75, 3.05) is 19.8 Å². The minimum Gasteiger partial charge on any atom is -0.397 e. The van der Waals surface area contributed by atoms with Crippen molar-refractivity contribution in [1.29, 1.82) is 0 Å². The van der Waals surface area contributed by atoms with Crippen LogP contribution < -0.4 is 0 Å². The molecule has 0 aliphatic carbocycles. The first-order valence-electron chi connectivity index (χ1n) is 3.07. The number of halogens is 1. The number of hydrogen-bond acceptors (Lipinski definition) is 3. The monoisotopic (exact) mass is 222 g/mol. The average Bonchev–Trinajstić information content (AvgIpc) is 1.70. The third-order valence-electron chi connectivity index (χ3n) is 0. The van der Waals surface area contributed by atoms with Crippen molar-refractivity contribution >= 4 is 12.4 Å². The fourth-order valence-electron chi connectivity index (χ4n) is 0. The third kappa shape index (κ3) is 1100. The van der Waals surface area contributed by atoms with Crippen LogP contribution in [-0.2, 0) is 21.7 Å². The molecule has 0 saturated carbocycles. The van der Waals surface area contributed by atoms with Crippen molar-refractivity contribution in [2.24, 2.45) is 0 Å². The van der Waals surface area contributed by atoms with Gasteiger partial charge in [-0.05, 0) is 20.8 Å². The summed E-state index contributed by atoms with van der Waals surface area (Å²) < 4.78 is 0. The Labute approximate surface area is 90.1 Å². The molecule has 0 amide bonds. The third-order valence-corrected chi connectivity index (χ3v) is 0. The topological polar surface area (TPSA) is 60.7 Å². The van der Waals surface area contributed by atoms with Gasteiger partial charge in [-0.1, -0.05) is 0 Å². The molecule has 5 heteroatoms. The van der Waals surface area contributed by atoms with E-state index >= 15 is 0 Å². The van der Waals surface area contributed by atoms with Crippen LogP contribution in [0.3, 0.4) is 0 Å². The molecule has 0 aromatic heterocycles. The van der Waals surface area contributed by atoms with Crippen molar-refractivity contribution in [3.63, 3.8) is 0 Å². The minimum atomic E-state index is 0. The summed E-state index contributed by atoms with van der Waals surface area (Å²) in [6.07, 6.45) is 0. The van der Waals surface area contributed by atoms with Gasteiger partial charge in [-0.3, -0.25) is 0 Å². The van der Waals surface area contributed by atoms with Crippen molar-refractivity contribution in [3.8, 4) is 0 Å². The maximum Gasteiger partial charge on any atom is 0.0402 e. The normalized spacial score (nSPS) is 4.91. The largest absolute Gasteiger partial charge is 0.397 e. The van der Waals surface area contributed by atoms with Crippen LogP contribution in [0.15, 0.2) is 0 Å². The van der Waals surface area contributed by atoms with E-state index in [1.54, 1.807) is 20.8 Å². The molecule has 3 nitrogen and oxygen atoms in total. The Morgan fingerprint density at radius 1 is 0.727 bits per heavy atom. The molecule has 72 valence electrons. The number of hydrogen-bond donors (Lipinski definition) is 3. The zero-order valence-corrected chi connectivity index (χ0v) is 9.75. The molecule has 0 aromatic carbocycles.